The van der Waals surface area contributed by atoms with Gasteiger partial charge in [0.05, 0.1) is 6.10 Å². The van der Waals surface area contributed by atoms with Crippen LogP contribution in [0.4, 0.5) is 0 Å². The zero-order chi connectivity index (χ0) is 21.6. The Morgan fingerprint density at radius 3 is 2.32 bits per heavy atom. The van der Waals surface area contributed by atoms with Crippen LogP contribution in [0.15, 0.2) is 78.4 Å². The third kappa shape index (κ3) is 3.30. The summed E-state index contributed by atoms with van der Waals surface area (Å²) in [5.41, 5.74) is 7.59. The van der Waals surface area contributed by atoms with Gasteiger partial charge < -0.3 is 10.0 Å². The predicted molar refractivity (Wildman–Crippen MR) is 124 cm³/mol. The van der Waals surface area contributed by atoms with Crippen LogP contribution < -0.4 is 0 Å². The Kier molecular flexibility index (Phi) is 4.79. The van der Waals surface area contributed by atoms with Crippen molar-refractivity contribution in [3.8, 4) is 0 Å². The zero-order valence-corrected chi connectivity index (χ0v) is 18.0. The molecule has 2 aliphatic carbocycles. The SMILES string of the molecule is CN(C)C(=O)c1ccc(C[C@@]2(C3=Cc4ccccc4C3)Cc3ccccc3[C@H]2O)cc1. The van der Waals surface area contributed by atoms with E-state index in [4.69, 9.17) is 0 Å². The third-order valence-electron chi connectivity index (χ3n) is 6.91. The van der Waals surface area contributed by atoms with Gasteiger partial charge in [0, 0.05) is 25.1 Å². The highest BCUT2D eigenvalue weighted by Crippen LogP contribution is 2.54. The molecule has 0 fully saturated rings. The number of aliphatic hydroxyl groups excluding tert-OH is 1. The number of fused-ring (bicyclic) bond motifs is 2. The van der Waals surface area contributed by atoms with Gasteiger partial charge in [-0.05, 0) is 59.2 Å². The number of benzene rings is 3. The van der Waals surface area contributed by atoms with Crippen molar-refractivity contribution in [3.05, 3.63) is 112 Å². The maximum absolute atomic E-state index is 12.3. The van der Waals surface area contributed by atoms with Crippen LogP contribution in [0, 0.1) is 5.41 Å². The van der Waals surface area contributed by atoms with Crippen molar-refractivity contribution >= 4 is 12.0 Å². The van der Waals surface area contributed by atoms with Gasteiger partial charge in [0.15, 0.2) is 0 Å². The Balaban J connectivity index is 1.53. The minimum atomic E-state index is -0.549. The van der Waals surface area contributed by atoms with Crippen LogP contribution in [0.2, 0.25) is 0 Å². The molecule has 0 unspecified atom stereocenters. The molecule has 31 heavy (non-hydrogen) atoms. The monoisotopic (exact) mass is 409 g/mol. The van der Waals surface area contributed by atoms with Gasteiger partial charge in [0.1, 0.15) is 0 Å². The van der Waals surface area contributed by atoms with Crippen LogP contribution in [0.1, 0.15) is 44.3 Å². The van der Waals surface area contributed by atoms with E-state index in [0.29, 0.717) is 5.56 Å². The maximum Gasteiger partial charge on any atom is 0.253 e. The van der Waals surface area contributed by atoms with Gasteiger partial charge in [-0.3, -0.25) is 4.79 Å². The Labute approximate surface area is 183 Å². The molecule has 0 aliphatic heterocycles. The second-order valence-electron chi connectivity index (χ2n) is 9.05. The summed E-state index contributed by atoms with van der Waals surface area (Å²) in [6, 6.07) is 24.6. The van der Waals surface area contributed by atoms with Crippen LogP contribution in [-0.4, -0.2) is 30.0 Å². The van der Waals surface area contributed by atoms with Crippen molar-refractivity contribution in [2.24, 2.45) is 5.41 Å². The minimum absolute atomic E-state index is 0.00326. The van der Waals surface area contributed by atoms with Crippen molar-refractivity contribution in [1.82, 2.24) is 4.90 Å². The molecule has 3 aromatic rings. The number of nitrogens with zero attached hydrogens (tertiary/aromatic N) is 1. The van der Waals surface area contributed by atoms with E-state index >= 15 is 0 Å². The largest absolute Gasteiger partial charge is 0.387 e. The van der Waals surface area contributed by atoms with Gasteiger partial charge in [-0.2, -0.15) is 0 Å². The van der Waals surface area contributed by atoms with Crippen LogP contribution in [0.5, 0.6) is 0 Å². The molecule has 156 valence electrons. The zero-order valence-electron chi connectivity index (χ0n) is 18.0. The Morgan fingerprint density at radius 2 is 1.65 bits per heavy atom. The normalized spacial score (nSPS) is 21.4. The third-order valence-corrected chi connectivity index (χ3v) is 6.91. The molecule has 1 amide bonds. The summed E-state index contributed by atoms with van der Waals surface area (Å²) in [7, 11) is 3.53. The van der Waals surface area contributed by atoms with E-state index in [9.17, 15) is 9.90 Å². The molecule has 0 spiro atoms. The molecule has 3 heteroatoms. The molecule has 3 nitrogen and oxygen atoms in total. The lowest BCUT2D eigenvalue weighted by Gasteiger charge is -2.35. The highest BCUT2D eigenvalue weighted by molar-refractivity contribution is 5.93. The topological polar surface area (TPSA) is 40.5 Å². The van der Waals surface area contributed by atoms with E-state index in [0.717, 1.165) is 30.4 Å². The first kappa shape index (κ1) is 19.8. The van der Waals surface area contributed by atoms with Crippen molar-refractivity contribution in [2.45, 2.75) is 25.4 Å². The van der Waals surface area contributed by atoms with Crippen LogP contribution >= 0.6 is 0 Å². The van der Waals surface area contributed by atoms with E-state index in [-0.39, 0.29) is 11.3 Å². The number of hydrogen-bond acceptors (Lipinski definition) is 2. The average Bonchev–Trinajstić information content (AvgIpc) is 3.34. The highest BCUT2D eigenvalue weighted by Gasteiger charge is 2.48. The number of amides is 1. The summed E-state index contributed by atoms with van der Waals surface area (Å²) in [6.07, 6.45) is 4.17. The van der Waals surface area contributed by atoms with Crippen LogP contribution in [0.3, 0.4) is 0 Å². The molecular formula is C28H27NO2. The van der Waals surface area contributed by atoms with Gasteiger partial charge in [-0.1, -0.05) is 72.3 Å². The predicted octanol–water partition coefficient (Wildman–Crippen LogP) is 4.85. The maximum atomic E-state index is 12.3. The van der Waals surface area contributed by atoms with Gasteiger partial charge in [0.25, 0.3) is 5.91 Å². The second-order valence-corrected chi connectivity index (χ2v) is 9.05. The van der Waals surface area contributed by atoms with Crippen molar-refractivity contribution < 1.29 is 9.90 Å². The summed E-state index contributed by atoms with van der Waals surface area (Å²) in [5, 5.41) is 11.6. The molecule has 2 atom stereocenters. The molecule has 3 aromatic carbocycles. The first-order valence-electron chi connectivity index (χ1n) is 10.8. The average molecular weight is 410 g/mol. The van der Waals surface area contributed by atoms with E-state index in [1.807, 2.05) is 30.3 Å². The van der Waals surface area contributed by atoms with E-state index in [2.05, 4.69) is 48.5 Å². The quantitative estimate of drug-likeness (QED) is 0.669. The van der Waals surface area contributed by atoms with Crippen LogP contribution in [-0.2, 0) is 19.3 Å². The lowest BCUT2D eigenvalue weighted by Crippen LogP contribution is -2.31. The molecule has 0 heterocycles. The summed E-state index contributed by atoms with van der Waals surface area (Å²) in [5.74, 6) is 0.00326. The minimum Gasteiger partial charge on any atom is -0.387 e. The number of aliphatic hydroxyl groups is 1. The molecule has 0 bridgehead atoms. The highest BCUT2D eigenvalue weighted by atomic mass is 16.3. The van der Waals surface area contributed by atoms with Crippen molar-refractivity contribution in [1.29, 1.82) is 0 Å². The van der Waals surface area contributed by atoms with Gasteiger partial charge in [0.2, 0.25) is 0 Å². The molecule has 0 radical (unpaired) electrons. The standard InChI is InChI=1S/C28H27NO2/c1-29(2)27(31)20-13-11-19(12-14-20)17-28(18-23-9-5-6-10-25(23)26(28)30)24-15-21-7-3-4-8-22(21)16-24/h3-15,26,30H,16-18H2,1-2H3/t26-,28+/m1/s1. The number of carbonyl (C=O) groups is 1. The molecule has 5 rings (SSSR count). The Hall–Kier alpha value is -3.17. The fourth-order valence-corrected chi connectivity index (χ4v) is 5.25. The first-order valence-corrected chi connectivity index (χ1v) is 10.8. The number of carbonyl (C=O) groups excluding carboxylic acids is 1. The van der Waals surface area contributed by atoms with Crippen LogP contribution in [0.25, 0.3) is 6.08 Å². The van der Waals surface area contributed by atoms with Gasteiger partial charge >= 0.3 is 0 Å². The van der Waals surface area contributed by atoms with E-state index in [1.165, 1.54) is 22.3 Å². The van der Waals surface area contributed by atoms with E-state index in [1.54, 1.807) is 19.0 Å². The fourth-order valence-electron chi connectivity index (χ4n) is 5.25. The molecule has 2 aliphatic rings. The molecule has 1 N–H and O–H groups in total. The second kappa shape index (κ2) is 7.51. The van der Waals surface area contributed by atoms with Crippen molar-refractivity contribution in [3.63, 3.8) is 0 Å². The molecule has 0 saturated heterocycles. The molecule has 0 aromatic heterocycles. The van der Waals surface area contributed by atoms with E-state index < -0.39 is 6.10 Å². The van der Waals surface area contributed by atoms with Gasteiger partial charge in [-0.15, -0.1) is 0 Å². The number of hydrogen-bond donors (Lipinski definition) is 1. The van der Waals surface area contributed by atoms with Gasteiger partial charge in [-0.25, -0.2) is 0 Å². The molecular weight excluding hydrogens is 382 g/mol. The number of rotatable bonds is 4. The Bertz CT molecular complexity index is 1180. The van der Waals surface area contributed by atoms with Crippen molar-refractivity contribution in [2.75, 3.05) is 14.1 Å². The summed E-state index contributed by atoms with van der Waals surface area (Å²) < 4.78 is 0. The summed E-state index contributed by atoms with van der Waals surface area (Å²) >= 11 is 0. The first-order chi connectivity index (χ1) is 15.0. The summed E-state index contributed by atoms with van der Waals surface area (Å²) in [6.45, 7) is 0. The Morgan fingerprint density at radius 1 is 0.968 bits per heavy atom. The smallest absolute Gasteiger partial charge is 0.253 e. The lowest BCUT2D eigenvalue weighted by molar-refractivity contribution is 0.0650. The fraction of sp³-hybridized carbons (Fsp3) is 0.250. The molecule has 0 saturated carbocycles. The summed E-state index contributed by atoms with van der Waals surface area (Å²) in [4.78, 5) is 13.9. The lowest BCUT2D eigenvalue weighted by atomic mass is 9.70.